The van der Waals surface area contributed by atoms with E-state index in [1.807, 2.05) is 12.1 Å². The molecule has 1 aliphatic heterocycles. The minimum atomic E-state index is -0.787. The first-order valence-electron chi connectivity index (χ1n) is 12.1. The van der Waals surface area contributed by atoms with E-state index >= 15 is 0 Å². The Hall–Kier alpha value is -3.72. The van der Waals surface area contributed by atoms with Gasteiger partial charge in [0.1, 0.15) is 29.3 Å². The maximum atomic E-state index is 14.4. The molecule has 2 heterocycles. The molecule has 0 saturated heterocycles. The van der Waals surface area contributed by atoms with Crippen molar-refractivity contribution in [2.24, 2.45) is 0 Å². The summed E-state index contributed by atoms with van der Waals surface area (Å²) in [5, 5.41) is 5.77. The minimum absolute atomic E-state index is 0.142. The Bertz CT molecular complexity index is 1270. The van der Waals surface area contributed by atoms with Crippen LogP contribution >= 0.6 is 0 Å². The molecule has 36 heavy (non-hydrogen) atoms. The van der Waals surface area contributed by atoms with Crippen molar-refractivity contribution in [3.63, 3.8) is 0 Å². The van der Waals surface area contributed by atoms with Gasteiger partial charge in [0.15, 0.2) is 5.82 Å². The summed E-state index contributed by atoms with van der Waals surface area (Å²) in [6.07, 6.45) is 5.43. The van der Waals surface area contributed by atoms with Gasteiger partial charge in [-0.2, -0.15) is 0 Å². The summed E-state index contributed by atoms with van der Waals surface area (Å²) in [4.78, 5) is 35.1. The maximum absolute atomic E-state index is 14.4. The van der Waals surface area contributed by atoms with E-state index in [1.165, 1.54) is 25.3 Å². The highest BCUT2D eigenvalue weighted by Crippen LogP contribution is 2.31. The van der Waals surface area contributed by atoms with Crippen LogP contribution in [0.1, 0.15) is 53.2 Å². The summed E-state index contributed by atoms with van der Waals surface area (Å²) >= 11 is 0. The van der Waals surface area contributed by atoms with Crippen molar-refractivity contribution >= 4 is 23.7 Å². The number of amides is 1. The van der Waals surface area contributed by atoms with E-state index in [0.29, 0.717) is 17.4 Å². The summed E-state index contributed by atoms with van der Waals surface area (Å²) < 4.78 is 28.8. The number of aromatic nitrogens is 2. The lowest BCUT2D eigenvalue weighted by Crippen LogP contribution is -2.38. The lowest BCUT2D eigenvalue weighted by atomic mass is 9.91. The number of halogens is 2. The molecule has 0 bridgehead atoms. The van der Waals surface area contributed by atoms with E-state index in [2.05, 4.69) is 32.5 Å². The molecule has 2 aliphatic rings. The Morgan fingerprint density at radius 2 is 1.83 bits per heavy atom. The Balaban J connectivity index is 1.37. The highest BCUT2D eigenvalue weighted by Gasteiger charge is 2.28. The third-order valence-electron chi connectivity index (χ3n) is 7.07. The number of benzene rings is 2. The van der Waals surface area contributed by atoms with Crippen LogP contribution in [0.5, 0.6) is 0 Å². The van der Waals surface area contributed by atoms with Crippen molar-refractivity contribution in [2.45, 2.75) is 44.2 Å². The normalized spacial score (nSPS) is 15.8. The van der Waals surface area contributed by atoms with Gasteiger partial charge in [-0.25, -0.2) is 18.7 Å². The predicted octanol–water partition coefficient (Wildman–Crippen LogP) is 4.57. The molecule has 5 rings (SSSR count). The Labute approximate surface area is 208 Å². The molecule has 186 valence electrons. The van der Waals surface area contributed by atoms with Crippen molar-refractivity contribution in [1.82, 2.24) is 20.2 Å². The van der Waals surface area contributed by atoms with Crippen molar-refractivity contribution in [1.29, 1.82) is 0 Å². The molecule has 1 fully saturated rings. The van der Waals surface area contributed by atoms with Crippen LogP contribution in [0.2, 0.25) is 0 Å². The lowest BCUT2D eigenvalue weighted by Gasteiger charge is -2.35. The number of carbonyl (C=O) groups is 2. The van der Waals surface area contributed by atoms with E-state index in [-0.39, 0.29) is 41.1 Å². The lowest BCUT2D eigenvalue weighted by molar-refractivity contribution is -0.109. The Morgan fingerprint density at radius 1 is 1.11 bits per heavy atom. The number of hydrogen-bond acceptors (Lipinski definition) is 6. The van der Waals surface area contributed by atoms with Crippen LogP contribution in [0.3, 0.4) is 0 Å². The number of hydrogen-bond donors (Lipinski definition) is 2. The molecule has 2 aromatic carbocycles. The van der Waals surface area contributed by atoms with Gasteiger partial charge in [0.2, 0.25) is 0 Å². The monoisotopic (exact) mass is 491 g/mol. The third-order valence-corrected chi connectivity index (χ3v) is 7.07. The number of rotatable bonds is 9. The van der Waals surface area contributed by atoms with Crippen LogP contribution < -0.4 is 10.6 Å². The molecule has 9 heteroatoms. The maximum Gasteiger partial charge on any atom is 0.257 e. The van der Waals surface area contributed by atoms with Gasteiger partial charge in [-0.1, -0.05) is 24.6 Å². The smallest absolute Gasteiger partial charge is 0.257 e. The predicted molar refractivity (Wildman–Crippen MR) is 132 cm³/mol. The molecule has 7 nitrogen and oxygen atoms in total. The average molecular weight is 492 g/mol. The van der Waals surface area contributed by atoms with Gasteiger partial charge < -0.3 is 20.3 Å². The molecule has 3 aromatic rings. The van der Waals surface area contributed by atoms with Crippen LogP contribution in [0, 0.1) is 11.6 Å². The fourth-order valence-electron chi connectivity index (χ4n) is 4.66. The molecule has 1 aliphatic carbocycles. The quantitative estimate of drug-likeness (QED) is 0.427. The number of nitrogens with one attached hydrogen (secondary N) is 2. The first-order chi connectivity index (χ1) is 17.4. The fraction of sp³-hybridized carbons (Fsp3) is 0.333. The summed E-state index contributed by atoms with van der Waals surface area (Å²) in [7, 11) is 2.11. The van der Waals surface area contributed by atoms with Crippen LogP contribution in [-0.4, -0.2) is 46.7 Å². The minimum Gasteiger partial charge on any atom is -0.346 e. The second-order valence-electron chi connectivity index (χ2n) is 9.34. The van der Waals surface area contributed by atoms with Gasteiger partial charge in [0.25, 0.3) is 5.91 Å². The largest absolute Gasteiger partial charge is 0.346 e. The van der Waals surface area contributed by atoms with Crippen molar-refractivity contribution in [3.8, 4) is 11.4 Å². The van der Waals surface area contributed by atoms with Crippen LogP contribution in [0.4, 0.5) is 20.3 Å². The van der Waals surface area contributed by atoms with Gasteiger partial charge >= 0.3 is 0 Å². The topological polar surface area (TPSA) is 87.2 Å². The molecule has 1 saturated carbocycles. The molecule has 1 amide bonds. The summed E-state index contributed by atoms with van der Waals surface area (Å²) in [6.45, 7) is 0.995. The van der Waals surface area contributed by atoms with Crippen LogP contribution in [0.25, 0.3) is 11.4 Å². The second-order valence-corrected chi connectivity index (χ2v) is 9.34. The van der Waals surface area contributed by atoms with Gasteiger partial charge in [-0.3, -0.25) is 4.79 Å². The number of aldehydes is 1. The molecule has 2 N–H and O–H groups in total. The van der Waals surface area contributed by atoms with E-state index in [1.54, 1.807) is 12.1 Å². The van der Waals surface area contributed by atoms with Gasteiger partial charge in [0.05, 0.1) is 17.8 Å². The van der Waals surface area contributed by atoms with Crippen molar-refractivity contribution in [2.75, 3.05) is 18.9 Å². The zero-order valence-corrected chi connectivity index (χ0v) is 19.9. The number of nitrogens with zero attached hydrogens (tertiary/aromatic N) is 3. The highest BCUT2D eigenvalue weighted by molar-refractivity contribution is 6.03. The fourth-order valence-corrected chi connectivity index (χ4v) is 4.66. The van der Waals surface area contributed by atoms with Crippen LogP contribution in [0.15, 0.2) is 42.5 Å². The second kappa shape index (κ2) is 10.1. The molecular formula is C27H27F2N5O2. The van der Waals surface area contributed by atoms with Crippen molar-refractivity contribution < 1.29 is 18.4 Å². The number of carbonyl (C=O) groups excluding carboxylic acids is 2. The number of anilines is 2. The Kier molecular flexibility index (Phi) is 6.73. The third kappa shape index (κ3) is 4.70. The Morgan fingerprint density at radius 3 is 2.47 bits per heavy atom. The van der Waals surface area contributed by atoms with E-state index in [4.69, 9.17) is 0 Å². The molecule has 0 radical (unpaired) electrons. The zero-order chi connectivity index (χ0) is 25.2. The molecule has 1 atom stereocenters. The first-order valence-corrected chi connectivity index (χ1v) is 12.1. The van der Waals surface area contributed by atoms with Crippen molar-refractivity contribution in [3.05, 3.63) is 70.9 Å². The van der Waals surface area contributed by atoms with Gasteiger partial charge in [-0.05, 0) is 62.7 Å². The highest BCUT2D eigenvalue weighted by atomic mass is 19.1. The zero-order valence-electron chi connectivity index (χ0n) is 19.9. The summed E-state index contributed by atoms with van der Waals surface area (Å²) in [5.74, 6) is -2.13. The SMILES string of the molecule is CN(CC[C@H](C=O)c1ccc(Nc2nc(-c3c(F)cccc3F)nc3c2C(=O)NC3)cc1)C1CCC1. The summed E-state index contributed by atoms with van der Waals surface area (Å²) in [6, 6.07) is 11.5. The van der Waals surface area contributed by atoms with E-state index in [0.717, 1.165) is 36.9 Å². The van der Waals surface area contributed by atoms with E-state index in [9.17, 15) is 18.4 Å². The molecule has 0 spiro atoms. The molecule has 1 aromatic heterocycles. The van der Waals surface area contributed by atoms with Crippen LogP contribution in [-0.2, 0) is 11.3 Å². The molecule has 0 unspecified atom stereocenters. The van der Waals surface area contributed by atoms with E-state index < -0.39 is 11.6 Å². The standard InChI is InChI=1S/C27H27F2N5O2/c1-34(19-4-2-5-19)13-12-17(15-35)16-8-10-18(11-9-16)31-26-24-22(14-30-27(24)36)32-25(33-26)23-20(28)6-3-7-21(23)29/h3,6-11,15,17,19H,2,4-5,12-14H2,1H3,(H,30,36)(H,31,32,33)/t17-/m1/s1. The van der Waals surface area contributed by atoms with Gasteiger partial charge in [0, 0.05) is 17.6 Å². The molecular weight excluding hydrogens is 464 g/mol. The average Bonchev–Trinajstić information content (AvgIpc) is 3.20. The number of fused-ring (bicyclic) bond motifs is 1. The first kappa shape index (κ1) is 24.0. The summed E-state index contributed by atoms with van der Waals surface area (Å²) in [5.41, 5.74) is 1.78. The van der Waals surface area contributed by atoms with Gasteiger partial charge in [-0.15, -0.1) is 0 Å².